The number of thiazole rings is 1. The molecule has 1 aliphatic carbocycles. The van der Waals surface area contributed by atoms with E-state index in [2.05, 4.69) is 31.0 Å². The highest BCUT2D eigenvalue weighted by atomic mass is 32.1. The standard InChI is InChI=1S/C24H29FN4OS/c1-24(2,18-9-10-19(20(25)15-18)17-7-4-3-5-8-17)21-16-31-23(27-21)28-22(26)29-11-6-13-30-14-12-29/h4,7-10,15-16H,3,5-6,11-14H2,1-2H3,(H2,26,27,28). The third-order valence-corrected chi connectivity index (χ3v) is 6.62. The molecular formula is C24H29FN4OS. The SMILES string of the molecule is CC(C)(c1ccc(C2=CCCC=C2)c(F)c1)c1csc(N=C(N)N2CCCOCC2)n1. The van der Waals surface area contributed by atoms with E-state index in [0.29, 0.717) is 23.3 Å². The zero-order chi connectivity index (χ0) is 21.8. The smallest absolute Gasteiger partial charge is 0.212 e. The molecule has 4 rings (SSSR count). The van der Waals surface area contributed by atoms with Crippen molar-refractivity contribution in [1.82, 2.24) is 9.88 Å². The molecular weight excluding hydrogens is 411 g/mol. The molecule has 2 aromatic rings. The van der Waals surface area contributed by atoms with Crippen molar-refractivity contribution in [2.45, 2.75) is 38.5 Å². The average molecular weight is 441 g/mol. The lowest BCUT2D eigenvalue weighted by Gasteiger charge is -2.24. The first-order valence-electron chi connectivity index (χ1n) is 10.7. The Morgan fingerprint density at radius 2 is 2.13 bits per heavy atom. The molecule has 1 aromatic heterocycles. The number of hydrogen-bond donors (Lipinski definition) is 1. The maximum Gasteiger partial charge on any atom is 0.212 e. The summed E-state index contributed by atoms with van der Waals surface area (Å²) in [5.41, 5.74) is 9.09. The molecule has 2 heterocycles. The molecule has 0 bridgehead atoms. The van der Waals surface area contributed by atoms with Crippen molar-refractivity contribution in [3.05, 3.63) is 64.4 Å². The largest absolute Gasteiger partial charge is 0.380 e. The van der Waals surface area contributed by atoms with Crippen LogP contribution in [0.2, 0.25) is 0 Å². The van der Waals surface area contributed by atoms with Crippen LogP contribution in [-0.2, 0) is 10.2 Å². The second-order valence-electron chi connectivity index (χ2n) is 8.40. The number of aliphatic imine (C=N–C) groups is 1. The van der Waals surface area contributed by atoms with Gasteiger partial charge in [0.25, 0.3) is 0 Å². The van der Waals surface area contributed by atoms with Gasteiger partial charge in [0.05, 0.1) is 12.3 Å². The minimum absolute atomic E-state index is 0.204. The first-order valence-corrected chi connectivity index (χ1v) is 11.6. The van der Waals surface area contributed by atoms with Crippen molar-refractivity contribution in [2.75, 3.05) is 26.3 Å². The van der Waals surface area contributed by atoms with E-state index < -0.39 is 5.41 Å². The fourth-order valence-electron chi connectivity index (χ4n) is 3.85. The molecule has 164 valence electrons. The lowest BCUT2D eigenvalue weighted by atomic mass is 9.81. The summed E-state index contributed by atoms with van der Waals surface area (Å²) in [6.07, 6.45) is 9.08. The Morgan fingerprint density at radius 1 is 1.26 bits per heavy atom. The summed E-state index contributed by atoms with van der Waals surface area (Å²) in [4.78, 5) is 11.3. The van der Waals surface area contributed by atoms with Crippen molar-refractivity contribution in [1.29, 1.82) is 0 Å². The second-order valence-corrected chi connectivity index (χ2v) is 9.23. The second kappa shape index (κ2) is 9.32. The zero-order valence-corrected chi connectivity index (χ0v) is 18.9. The quantitative estimate of drug-likeness (QED) is 0.536. The first kappa shape index (κ1) is 21.7. The molecule has 1 fully saturated rings. The van der Waals surface area contributed by atoms with Gasteiger partial charge in [-0.15, -0.1) is 11.3 Å². The van der Waals surface area contributed by atoms with Crippen LogP contribution in [0.5, 0.6) is 0 Å². The van der Waals surface area contributed by atoms with Gasteiger partial charge >= 0.3 is 0 Å². The highest BCUT2D eigenvalue weighted by molar-refractivity contribution is 7.13. The van der Waals surface area contributed by atoms with Crippen LogP contribution in [0.1, 0.15) is 49.9 Å². The van der Waals surface area contributed by atoms with E-state index in [1.54, 1.807) is 6.07 Å². The maximum atomic E-state index is 15.0. The molecule has 0 saturated carbocycles. The normalized spacial score (nSPS) is 18.1. The minimum atomic E-state index is -0.453. The van der Waals surface area contributed by atoms with Crippen molar-refractivity contribution in [3.63, 3.8) is 0 Å². The number of guanidine groups is 1. The van der Waals surface area contributed by atoms with Crippen LogP contribution in [0.15, 0.2) is 46.8 Å². The Labute approximate surface area is 187 Å². The number of benzene rings is 1. The lowest BCUT2D eigenvalue weighted by Crippen LogP contribution is -2.38. The summed E-state index contributed by atoms with van der Waals surface area (Å²) in [5.74, 6) is 0.262. The summed E-state index contributed by atoms with van der Waals surface area (Å²) in [6, 6.07) is 5.50. The Balaban J connectivity index is 1.55. The maximum absolute atomic E-state index is 15.0. The Hall–Kier alpha value is -2.51. The molecule has 0 atom stereocenters. The van der Waals surface area contributed by atoms with Crippen LogP contribution in [0.3, 0.4) is 0 Å². The predicted molar refractivity (Wildman–Crippen MR) is 125 cm³/mol. The van der Waals surface area contributed by atoms with Crippen LogP contribution in [0, 0.1) is 5.82 Å². The molecule has 0 unspecified atom stereocenters. The van der Waals surface area contributed by atoms with Gasteiger partial charge in [0.2, 0.25) is 5.13 Å². The summed E-state index contributed by atoms with van der Waals surface area (Å²) in [6.45, 7) is 7.08. The van der Waals surface area contributed by atoms with Gasteiger partial charge in [0, 0.05) is 36.1 Å². The number of nitrogens with two attached hydrogens (primary N) is 1. The number of nitrogens with zero attached hydrogens (tertiary/aromatic N) is 3. The van der Waals surface area contributed by atoms with Crippen LogP contribution in [0.25, 0.3) is 5.57 Å². The van der Waals surface area contributed by atoms with E-state index in [9.17, 15) is 4.39 Å². The van der Waals surface area contributed by atoms with Crippen LogP contribution in [0.4, 0.5) is 9.52 Å². The van der Waals surface area contributed by atoms with Gasteiger partial charge in [0.1, 0.15) is 5.82 Å². The van der Waals surface area contributed by atoms with Crippen molar-refractivity contribution in [3.8, 4) is 0 Å². The van der Waals surface area contributed by atoms with Gasteiger partial charge in [-0.3, -0.25) is 0 Å². The molecule has 2 aliphatic rings. The van der Waals surface area contributed by atoms with Crippen LogP contribution in [-0.4, -0.2) is 42.1 Å². The molecule has 1 saturated heterocycles. The van der Waals surface area contributed by atoms with E-state index in [-0.39, 0.29) is 5.82 Å². The predicted octanol–water partition coefficient (Wildman–Crippen LogP) is 5.01. The van der Waals surface area contributed by atoms with Crippen LogP contribution < -0.4 is 5.73 Å². The highest BCUT2D eigenvalue weighted by Crippen LogP contribution is 2.36. The van der Waals surface area contributed by atoms with E-state index in [1.807, 2.05) is 28.5 Å². The van der Waals surface area contributed by atoms with Gasteiger partial charge in [-0.25, -0.2) is 9.37 Å². The molecule has 7 heteroatoms. The highest BCUT2D eigenvalue weighted by Gasteiger charge is 2.27. The molecule has 0 amide bonds. The fourth-order valence-corrected chi connectivity index (χ4v) is 4.71. The molecule has 5 nitrogen and oxygen atoms in total. The average Bonchev–Trinajstić information content (AvgIpc) is 3.07. The van der Waals surface area contributed by atoms with E-state index in [4.69, 9.17) is 15.5 Å². The summed E-state index contributed by atoms with van der Waals surface area (Å²) >= 11 is 1.45. The van der Waals surface area contributed by atoms with Crippen molar-refractivity contribution in [2.24, 2.45) is 10.7 Å². The molecule has 31 heavy (non-hydrogen) atoms. The van der Waals surface area contributed by atoms with E-state index in [1.165, 1.54) is 11.3 Å². The van der Waals surface area contributed by atoms with Gasteiger partial charge in [-0.05, 0) is 36.5 Å². The summed E-state index contributed by atoms with van der Waals surface area (Å²) in [7, 11) is 0. The third kappa shape index (κ3) is 4.88. The fraction of sp³-hybridized carbons (Fsp3) is 0.417. The molecule has 1 aromatic carbocycles. The molecule has 1 aliphatic heterocycles. The summed E-state index contributed by atoms with van der Waals surface area (Å²) < 4.78 is 20.4. The van der Waals surface area contributed by atoms with Crippen molar-refractivity contribution < 1.29 is 9.13 Å². The number of ether oxygens (including phenoxy) is 1. The van der Waals surface area contributed by atoms with Gasteiger partial charge in [0.15, 0.2) is 5.96 Å². The number of rotatable bonds is 4. The van der Waals surface area contributed by atoms with Gasteiger partial charge in [-0.2, -0.15) is 4.99 Å². The Bertz CT molecular complexity index is 1020. The monoisotopic (exact) mass is 440 g/mol. The topological polar surface area (TPSA) is 63.7 Å². The third-order valence-electron chi connectivity index (χ3n) is 5.89. The molecule has 0 radical (unpaired) electrons. The zero-order valence-electron chi connectivity index (χ0n) is 18.1. The van der Waals surface area contributed by atoms with Crippen molar-refractivity contribution >= 4 is 28.0 Å². The first-order chi connectivity index (χ1) is 14.9. The van der Waals surface area contributed by atoms with Gasteiger partial charge < -0.3 is 15.4 Å². The van der Waals surface area contributed by atoms with Gasteiger partial charge in [-0.1, -0.05) is 44.2 Å². The Kier molecular flexibility index (Phi) is 6.53. The summed E-state index contributed by atoms with van der Waals surface area (Å²) in [5, 5.41) is 2.59. The van der Waals surface area contributed by atoms with E-state index in [0.717, 1.165) is 55.8 Å². The number of aromatic nitrogens is 1. The molecule has 2 N–H and O–H groups in total. The lowest BCUT2D eigenvalue weighted by molar-refractivity contribution is 0.147. The number of allylic oxidation sites excluding steroid dienone is 4. The number of hydrogen-bond acceptors (Lipinski definition) is 4. The number of halogens is 1. The molecule has 0 spiro atoms. The van der Waals surface area contributed by atoms with Crippen LogP contribution >= 0.6 is 11.3 Å². The Morgan fingerprint density at radius 3 is 2.90 bits per heavy atom. The van der Waals surface area contributed by atoms with E-state index >= 15 is 0 Å². The minimum Gasteiger partial charge on any atom is -0.380 e.